The SMILES string of the molecule is CCC1(C)CC2(Cn3ncc(C4=CC=C(N5CCC/C(=C(C)/C(N)=N\c6nc7ccc(C)cc7s6)C5=N)NC4=C(O)O)c3C)CC(C)(C)CC(OCCN3CCCC3)(C1)C2. The standard InChI is InChI=1S/C47H65N9O3S/c1-8-45(7)26-46(24-44(5,6)25-47(27-45,28-46)59-21-20-54-17-9-10-18-54)29-56-32(4)35(23-50-56)34-14-16-38(52-39(34)42(57)58)55-19-11-12-33(41(55)49)31(3)40(48)53-43-51-36-15-13-30(2)22-37(36)60-43/h13-16,22-23,49,52,57-58H,8-12,17-21,24-29H2,1-7H3,(H2,48,51,53)/b33-31-,49-41?. The molecule has 0 spiro atoms. The molecule has 6 N–H and O–H groups in total. The first kappa shape index (κ1) is 42.2. The molecule has 12 nitrogen and oxygen atoms in total. The summed E-state index contributed by atoms with van der Waals surface area (Å²) in [6.07, 6.45) is 16.3. The number of fused-ring (bicyclic) bond motifs is 3. The van der Waals surface area contributed by atoms with Gasteiger partial charge in [0.2, 0.25) is 5.13 Å². The molecule has 5 heterocycles. The number of allylic oxidation sites excluding steroid dienone is 3. The molecule has 3 aromatic rings. The van der Waals surface area contributed by atoms with Gasteiger partial charge in [-0.15, -0.1) is 0 Å². The van der Waals surface area contributed by atoms with Crippen molar-refractivity contribution >= 4 is 43.9 Å². The maximum absolute atomic E-state index is 10.7. The van der Waals surface area contributed by atoms with Gasteiger partial charge in [0.1, 0.15) is 23.2 Å². The Bertz CT molecular complexity index is 2320. The van der Waals surface area contributed by atoms with E-state index in [4.69, 9.17) is 15.6 Å². The topological polar surface area (TPSA) is 161 Å². The monoisotopic (exact) mass is 835 g/mol. The molecule has 13 heteroatoms. The summed E-state index contributed by atoms with van der Waals surface area (Å²) in [5.41, 5.74) is 12.9. The first-order valence-corrected chi connectivity index (χ1v) is 22.8. The van der Waals surface area contributed by atoms with Gasteiger partial charge in [-0.25, -0.2) is 9.98 Å². The molecule has 0 amide bonds. The Kier molecular flexibility index (Phi) is 11.3. The number of hydrogen-bond acceptors (Lipinski definition) is 10. The van der Waals surface area contributed by atoms with Gasteiger partial charge < -0.3 is 35.8 Å². The molecule has 3 unspecified atom stereocenters. The van der Waals surface area contributed by atoms with Gasteiger partial charge in [0.25, 0.3) is 5.95 Å². The van der Waals surface area contributed by atoms with Gasteiger partial charge in [-0.05, 0) is 143 Å². The minimum atomic E-state index is -0.814. The number of aryl methyl sites for hydroxylation is 1. The predicted molar refractivity (Wildman–Crippen MR) is 243 cm³/mol. The summed E-state index contributed by atoms with van der Waals surface area (Å²) in [5.74, 6) is 0.398. The number of aromatic nitrogens is 3. The van der Waals surface area contributed by atoms with Crippen LogP contribution in [0.3, 0.4) is 0 Å². The molecular weight excluding hydrogens is 771 g/mol. The highest BCUT2D eigenvalue weighted by molar-refractivity contribution is 7.22. The van der Waals surface area contributed by atoms with E-state index in [0.717, 1.165) is 103 Å². The zero-order chi connectivity index (χ0) is 42.6. The summed E-state index contributed by atoms with van der Waals surface area (Å²) in [7, 11) is 0. The molecule has 2 saturated carbocycles. The fourth-order valence-corrected chi connectivity index (χ4v) is 12.7. The lowest BCUT2D eigenvalue weighted by atomic mass is 9.47. The minimum Gasteiger partial charge on any atom is -0.480 e. The van der Waals surface area contributed by atoms with Crippen LogP contribution in [0.2, 0.25) is 0 Å². The molecule has 4 fully saturated rings. The second-order valence-corrected chi connectivity index (χ2v) is 20.7. The molecule has 60 heavy (non-hydrogen) atoms. The predicted octanol–water partition coefficient (Wildman–Crippen LogP) is 9.56. The summed E-state index contributed by atoms with van der Waals surface area (Å²) < 4.78 is 10.3. The van der Waals surface area contributed by atoms with Crippen molar-refractivity contribution in [2.24, 2.45) is 27.0 Å². The first-order chi connectivity index (χ1) is 28.5. The van der Waals surface area contributed by atoms with Gasteiger partial charge in [0.05, 0.1) is 28.6 Å². The summed E-state index contributed by atoms with van der Waals surface area (Å²) >= 11 is 1.49. The van der Waals surface area contributed by atoms with E-state index in [1.54, 1.807) is 0 Å². The summed E-state index contributed by atoms with van der Waals surface area (Å²) in [4.78, 5) is 13.7. The zero-order valence-electron chi connectivity index (χ0n) is 36.7. The van der Waals surface area contributed by atoms with Gasteiger partial charge >= 0.3 is 0 Å². The fourth-order valence-electron chi connectivity index (χ4n) is 11.8. The number of thiazole rings is 1. The zero-order valence-corrected chi connectivity index (χ0v) is 37.6. The van der Waals surface area contributed by atoms with Crippen LogP contribution < -0.4 is 11.1 Å². The maximum Gasteiger partial charge on any atom is 0.299 e. The average Bonchev–Trinajstić information content (AvgIpc) is 3.93. The number of nitrogens with zero attached hydrogens (tertiary/aromatic N) is 6. The molecular formula is C47H65N9O3S. The molecule has 3 atom stereocenters. The molecule has 2 aromatic heterocycles. The molecule has 0 radical (unpaired) electrons. The van der Waals surface area contributed by atoms with Gasteiger partial charge in [-0.1, -0.05) is 51.5 Å². The van der Waals surface area contributed by atoms with Crippen LogP contribution in [0.1, 0.15) is 116 Å². The Hall–Kier alpha value is -4.46. The van der Waals surface area contributed by atoms with E-state index in [2.05, 4.69) is 72.5 Å². The highest BCUT2D eigenvalue weighted by Crippen LogP contribution is 2.64. The minimum absolute atomic E-state index is 0.0100. The number of aliphatic hydroxyl groups excluding tert-OH is 1. The van der Waals surface area contributed by atoms with E-state index in [1.807, 2.05) is 42.3 Å². The quantitative estimate of drug-likeness (QED) is 0.0720. The molecule has 2 aliphatic carbocycles. The van der Waals surface area contributed by atoms with Crippen LogP contribution in [0.5, 0.6) is 0 Å². The highest BCUT2D eigenvalue weighted by Gasteiger charge is 2.59. The number of ether oxygens (including phenoxy) is 1. The van der Waals surface area contributed by atoms with Gasteiger partial charge in [-0.2, -0.15) is 5.10 Å². The molecule has 5 aliphatic rings. The summed E-state index contributed by atoms with van der Waals surface area (Å²) in [6, 6.07) is 6.12. The van der Waals surface area contributed by atoms with E-state index in [-0.39, 0.29) is 27.5 Å². The Balaban J connectivity index is 1.04. The van der Waals surface area contributed by atoms with Crippen molar-refractivity contribution in [1.82, 2.24) is 29.9 Å². The lowest BCUT2D eigenvalue weighted by molar-refractivity contribution is -0.201. The number of dihydropyridines is 1. The van der Waals surface area contributed by atoms with Crippen molar-refractivity contribution in [3.05, 3.63) is 82.0 Å². The number of piperidine rings is 1. The van der Waals surface area contributed by atoms with Crippen LogP contribution in [0.25, 0.3) is 15.8 Å². The van der Waals surface area contributed by atoms with Crippen molar-refractivity contribution in [1.29, 1.82) is 5.41 Å². The van der Waals surface area contributed by atoms with E-state index in [0.29, 0.717) is 41.2 Å². The molecule has 3 aliphatic heterocycles. The van der Waals surface area contributed by atoms with Crippen LogP contribution in [-0.2, 0) is 11.3 Å². The number of nitrogens with one attached hydrogen (secondary N) is 2. The number of likely N-dealkylation sites (tertiary alicyclic amines) is 2. The van der Waals surface area contributed by atoms with E-state index >= 15 is 0 Å². The van der Waals surface area contributed by atoms with Gasteiger partial charge in [0, 0.05) is 42.0 Å². The molecule has 8 rings (SSSR count). The normalized spacial score (nSPS) is 28.2. The third-order valence-electron chi connectivity index (χ3n) is 14.0. The third-order valence-corrected chi connectivity index (χ3v) is 15.0. The number of aliphatic imine (C=N–C) groups is 1. The highest BCUT2D eigenvalue weighted by atomic mass is 32.1. The van der Waals surface area contributed by atoms with Crippen molar-refractivity contribution in [2.45, 2.75) is 125 Å². The lowest BCUT2D eigenvalue weighted by Gasteiger charge is -2.62. The largest absolute Gasteiger partial charge is 0.480 e. The maximum atomic E-state index is 10.7. The second kappa shape index (κ2) is 16.1. The van der Waals surface area contributed by atoms with Crippen molar-refractivity contribution in [3.8, 4) is 0 Å². The van der Waals surface area contributed by atoms with Crippen molar-refractivity contribution < 1.29 is 14.9 Å². The molecule has 1 aromatic carbocycles. The summed E-state index contributed by atoms with van der Waals surface area (Å²) in [5, 5.41) is 39.6. The van der Waals surface area contributed by atoms with Crippen molar-refractivity contribution in [3.63, 3.8) is 0 Å². The third kappa shape index (κ3) is 8.41. The van der Waals surface area contributed by atoms with Gasteiger partial charge in [-0.3, -0.25) is 10.1 Å². The smallest absolute Gasteiger partial charge is 0.299 e. The lowest BCUT2D eigenvalue weighted by Crippen LogP contribution is -2.58. The van der Waals surface area contributed by atoms with E-state index < -0.39 is 5.95 Å². The van der Waals surface area contributed by atoms with Crippen LogP contribution in [-0.4, -0.2) is 84.8 Å². The Morgan fingerprint density at radius 2 is 1.82 bits per heavy atom. The summed E-state index contributed by atoms with van der Waals surface area (Å²) in [6.45, 7) is 21.2. The Morgan fingerprint density at radius 3 is 2.57 bits per heavy atom. The molecule has 2 saturated heterocycles. The Morgan fingerprint density at radius 1 is 1.03 bits per heavy atom. The number of benzene rings is 1. The number of amidine groups is 2. The molecule has 2 bridgehead atoms. The first-order valence-electron chi connectivity index (χ1n) is 22.0. The average molecular weight is 836 g/mol. The van der Waals surface area contributed by atoms with Gasteiger partial charge in [0.15, 0.2) is 0 Å². The van der Waals surface area contributed by atoms with Crippen LogP contribution in [0.15, 0.2) is 70.1 Å². The Labute approximate surface area is 359 Å². The van der Waals surface area contributed by atoms with Crippen molar-refractivity contribution in [2.75, 3.05) is 32.8 Å². The van der Waals surface area contributed by atoms with Crippen LogP contribution in [0.4, 0.5) is 5.13 Å². The fraction of sp³-hybridized carbons (Fsp3) is 0.574. The number of hydrogen-bond donors (Lipinski definition) is 5. The van der Waals surface area contributed by atoms with E-state index in [9.17, 15) is 15.6 Å². The number of nitrogens with two attached hydrogens (primary N) is 1. The number of aliphatic hydroxyl groups is 2. The van der Waals surface area contributed by atoms with Crippen LogP contribution in [0, 0.1) is 35.5 Å². The number of rotatable bonds is 11. The second-order valence-electron chi connectivity index (χ2n) is 19.7. The van der Waals surface area contributed by atoms with E-state index in [1.165, 1.54) is 37.3 Å². The molecule has 322 valence electrons. The van der Waals surface area contributed by atoms with Crippen LogP contribution >= 0.6 is 11.3 Å².